The maximum absolute atomic E-state index is 4.46. The molecule has 0 aliphatic carbocycles. The van der Waals surface area contributed by atoms with Crippen molar-refractivity contribution >= 4 is 0 Å². The van der Waals surface area contributed by atoms with Crippen LogP contribution in [0.2, 0.25) is 0 Å². The largest absolute Gasteiger partial charge is 0.314 e. The van der Waals surface area contributed by atoms with Crippen LogP contribution in [-0.2, 0) is 0 Å². The highest BCUT2D eigenvalue weighted by Gasteiger charge is 2.33. The van der Waals surface area contributed by atoms with Gasteiger partial charge in [-0.3, -0.25) is 9.88 Å². The summed E-state index contributed by atoms with van der Waals surface area (Å²) in [6.07, 6.45) is 1.88. The first-order valence-corrected chi connectivity index (χ1v) is 6.00. The van der Waals surface area contributed by atoms with E-state index in [1.807, 2.05) is 12.3 Å². The van der Waals surface area contributed by atoms with Crippen LogP contribution in [-0.4, -0.2) is 35.1 Å². The van der Waals surface area contributed by atoms with Crippen molar-refractivity contribution in [3.05, 3.63) is 30.1 Å². The van der Waals surface area contributed by atoms with Gasteiger partial charge in [-0.1, -0.05) is 6.07 Å². The van der Waals surface area contributed by atoms with Crippen LogP contribution >= 0.6 is 0 Å². The minimum Gasteiger partial charge on any atom is -0.314 e. The highest BCUT2D eigenvalue weighted by molar-refractivity contribution is 5.10. The van der Waals surface area contributed by atoms with Gasteiger partial charge in [0.1, 0.15) is 0 Å². The molecule has 88 valence electrons. The van der Waals surface area contributed by atoms with Crippen LogP contribution < -0.4 is 5.32 Å². The van der Waals surface area contributed by atoms with Gasteiger partial charge in [-0.2, -0.15) is 0 Å². The topological polar surface area (TPSA) is 28.2 Å². The van der Waals surface area contributed by atoms with Gasteiger partial charge < -0.3 is 5.32 Å². The van der Waals surface area contributed by atoms with Gasteiger partial charge in [0.2, 0.25) is 0 Å². The summed E-state index contributed by atoms with van der Waals surface area (Å²) < 4.78 is 0. The van der Waals surface area contributed by atoms with Gasteiger partial charge in [0.15, 0.2) is 0 Å². The summed E-state index contributed by atoms with van der Waals surface area (Å²) in [6, 6.07) is 6.54. The highest BCUT2D eigenvalue weighted by Crippen LogP contribution is 2.27. The first kappa shape index (κ1) is 11.6. The summed E-state index contributed by atoms with van der Waals surface area (Å²) in [7, 11) is 0. The standard InChI is InChI=1S/C13H21N3/c1-11(12-6-4-5-7-15-12)16-9-8-14-10-13(16,2)3/h4-7,11,14H,8-10H2,1-3H3. The van der Waals surface area contributed by atoms with Crippen LogP contribution in [0.4, 0.5) is 0 Å². The first-order chi connectivity index (χ1) is 7.61. The predicted molar refractivity (Wildman–Crippen MR) is 66.3 cm³/mol. The van der Waals surface area contributed by atoms with Crippen molar-refractivity contribution in [3.8, 4) is 0 Å². The predicted octanol–water partition coefficient (Wildman–Crippen LogP) is 1.83. The molecule has 0 bridgehead atoms. The SMILES string of the molecule is CC(c1ccccn1)N1CCNCC1(C)C. The number of piperazine rings is 1. The molecule has 0 radical (unpaired) electrons. The van der Waals surface area contributed by atoms with Crippen molar-refractivity contribution in [1.29, 1.82) is 0 Å². The molecule has 0 amide bonds. The molecular weight excluding hydrogens is 198 g/mol. The molecule has 2 heterocycles. The number of pyridine rings is 1. The monoisotopic (exact) mass is 219 g/mol. The average Bonchev–Trinajstić information content (AvgIpc) is 2.29. The number of aromatic nitrogens is 1. The zero-order chi connectivity index (χ0) is 11.6. The Balaban J connectivity index is 2.17. The summed E-state index contributed by atoms with van der Waals surface area (Å²) in [5.74, 6) is 0. The van der Waals surface area contributed by atoms with Gasteiger partial charge in [0, 0.05) is 37.4 Å². The third kappa shape index (κ3) is 2.25. The number of nitrogens with zero attached hydrogens (tertiary/aromatic N) is 2. The molecule has 1 unspecified atom stereocenters. The fourth-order valence-corrected chi connectivity index (χ4v) is 2.50. The third-order valence-corrected chi connectivity index (χ3v) is 3.45. The molecule has 0 aromatic carbocycles. The maximum atomic E-state index is 4.46. The Morgan fingerprint density at radius 2 is 2.25 bits per heavy atom. The Kier molecular flexibility index (Phi) is 3.26. The Labute approximate surface area is 97.9 Å². The van der Waals surface area contributed by atoms with Gasteiger partial charge in [-0.15, -0.1) is 0 Å². The van der Waals surface area contributed by atoms with Crippen LogP contribution in [0.5, 0.6) is 0 Å². The lowest BCUT2D eigenvalue weighted by molar-refractivity contribution is 0.0500. The lowest BCUT2D eigenvalue weighted by Gasteiger charge is -2.46. The van der Waals surface area contributed by atoms with E-state index in [1.54, 1.807) is 0 Å². The molecule has 1 aromatic rings. The number of hydrogen-bond donors (Lipinski definition) is 1. The number of nitrogens with one attached hydrogen (secondary N) is 1. The second kappa shape index (κ2) is 4.52. The molecule has 1 N–H and O–H groups in total. The van der Waals surface area contributed by atoms with Crippen molar-refractivity contribution in [2.45, 2.75) is 32.4 Å². The van der Waals surface area contributed by atoms with Crippen LogP contribution in [0.15, 0.2) is 24.4 Å². The molecule has 1 aromatic heterocycles. The zero-order valence-electron chi connectivity index (χ0n) is 10.4. The molecule has 0 saturated carbocycles. The van der Waals surface area contributed by atoms with E-state index in [0.29, 0.717) is 6.04 Å². The van der Waals surface area contributed by atoms with Crippen molar-refractivity contribution in [3.63, 3.8) is 0 Å². The zero-order valence-corrected chi connectivity index (χ0v) is 10.4. The van der Waals surface area contributed by atoms with E-state index < -0.39 is 0 Å². The molecular formula is C13H21N3. The molecule has 1 atom stereocenters. The van der Waals surface area contributed by atoms with E-state index in [0.717, 1.165) is 25.3 Å². The summed E-state index contributed by atoms with van der Waals surface area (Å²) in [4.78, 5) is 6.99. The first-order valence-electron chi connectivity index (χ1n) is 6.00. The molecule has 16 heavy (non-hydrogen) atoms. The lowest BCUT2D eigenvalue weighted by atomic mass is 9.96. The summed E-state index contributed by atoms with van der Waals surface area (Å²) in [6.45, 7) is 10.0. The van der Waals surface area contributed by atoms with Crippen molar-refractivity contribution in [1.82, 2.24) is 15.2 Å². The fourth-order valence-electron chi connectivity index (χ4n) is 2.50. The van der Waals surface area contributed by atoms with Crippen molar-refractivity contribution in [2.75, 3.05) is 19.6 Å². The normalized spacial score (nSPS) is 22.9. The Hall–Kier alpha value is -0.930. The minimum absolute atomic E-state index is 0.204. The molecule has 1 aliphatic rings. The van der Waals surface area contributed by atoms with Gasteiger partial charge in [-0.05, 0) is 32.9 Å². The van der Waals surface area contributed by atoms with E-state index in [9.17, 15) is 0 Å². The number of hydrogen-bond acceptors (Lipinski definition) is 3. The van der Waals surface area contributed by atoms with Gasteiger partial charge in [0.25, 0.3) is 0 Å². The molecule has 2 rings (SSSR count). The summed E-state index contributed by atoms with van der Waals surface area (Å²) in [5, 5.41) is 3.45. The van der Waals surface area contributed by atoms with E-state index in [-0.39, 0.29) is 5.54 Å². The summed E-state index contributed by atoms with van der Waals surface area (Å²) >= 11 is 0. The molecule has 1 saturated heterocycles. The number of rotatable bonds is 2. The third-order valence-electron chi connectivity index (χ3n) is 3.45. The van der Waals surface area contributed by atoms with Crippen LogP contribution in [0, 0.1) is 0 Å². The van der Waals surface area contributed by atoms with E-state index in [1.165, 1.54) is 0 Å². The lowest BCUT2D eigenvalue weighted by Crippen LogP contribution is -2.58. The molecule has 1 aliphatic heterocycles. The fraction of sp³-hybridized carbons (Fsp3) is 0.615. The van der Waals surface area contributed by atoms with Gasteiger partial charge >= 0.3 is 0 Å². The Morgan fingerprint density at radius 1 is 1.44 bits per heavy atom. The van der Waals surface area contributed by atoms with Crippen LogP contribution in [0.1, 0.15) is 32.5 Å². The average molecular weight is 219 g/mol. The molecule has 1 fully saturated rings. The van der Waals surface area contributed by atoms with Crippen molar-refractivity contribution < 1.29 is 0 Å². The highest BCUT2D eigenvalue weighted by atomic mass is 15.3. The van der Waals surface area contributed by atoms with Gasteiger partial charge in [0.05, 0.1) is 5.69 Å². The molecule has 3 nitrogen and oxygen atoms in total. The quantitative estimate of drug-likeness (QED) is 0.822. The smallest absolute Gasteiger partial charge is 0.0572 e. The van der Waals surface area contributed by atoms with Gasteiger partial charge in [-0.25, -0.2) is 0 Å². The van der Waals surface area contributed by atoms with Crippen LogP contribution in [0.3, 0.4) is 0 Å². The van der Waals surface area contributed by atoms with E-state index in [4.69, 9.17) is 0 Å². The van der Waals surface area contributed by atoms with E-state index >= 15 is 0 Å². The maximum Gasteiger partial charge on any atom is 0.0572 e. The van der Waals surface area contributed by atoms with Crippen LogP contribution in [0.25, 0.3) is 0 Å². The summed E-state index contributed by atoms with van der Waals surface area (Å²) in [5.41, 5.74) is 1.37. The second-order valence-electron chi connectivity index (χ2n) is 5.11. The van der Waals surface area contributed by atoms with Crippen molar-refractivity contribution in [2.24, 2.45) is 0 Å². The van der Waals surface area contributed by atoms with E-state index in [2.05, 4.69) is 48.1 Å². The second-order valence-corrected chi connectivity index (χ2v) is 5.11. The minimum atomic E-state index is 0.204. The Bertz CT molecular complexity index is 334. The Morgan fingerprint density at radius 3 is 2.88 bits per heavy atom. The molecule has 0 spiro atoms. The molecule has 3 heteroatoms.